The summed E-state index contributed by atoms with van der Waals surface area (Å²) in [6, 6.07) is 84.5. The average molecular weight is 930 g/mol. The molecule has 0 spiro atoms. The van der Waals surface area contributed by atoms with Gasteiger partial charge in [0.1, 0.15) is 11.2 Å². The van der Waals surface area contributed by atoms with E-state index >= 15 is 0 Å². The molecule has 73 heavy (non-hydrogen) atoms. The zero-order valence-corrected chi connectivity index (χ0v) is 39.2. The first-order valence-corrected chi connectivity index (χ1v) is 24.7. The molecule has 0 bridgehead atoms. The maximum Gasteiger partial charge on any atom is 0.164 e. The van der Waals surface area contributed by atoms with E-state index in [2.05, 4.69) is 246 Å². The Morgan fingerprint density at radius 2 is 0.836 bits per heavy atom. The van der Waals surface area contributed by atoms with E-state index in [-0.39, 0.29) is 0 Å². The Kier molecular flexibility index (Phi) is 8.36. The second-order valence-electron chi connectivity index (χ2n) is 19.1. The van der Waals surface area contributed by atoms with Crippen LogP contribution in [0.15, 0.2) is 241 Å². The third-order valence-electron chi connectivity index (χ3n) is 15.1. The summed E-state index contributed by atoms with van der Waals surface area (Å²) in [6.07, 6.45) is 0. The van der Waals surface area contributed by atoms with Gasteiger partial charge in [0, 0.05) is 66.1 Å². The van der Waals surface area contributed by atoms with Crippen molar-refractivity contribution in [2.24, 2.45) is 0 Å². The van der Waals surface area contributed by atoms with Gasteiger partial charge in [-0.05, 0) is 104 Å². The molecule has 0 fully saturated rings. The van der Waals surface area contributed by atoms with Crippen LogP contribution < -0.4 is 0 Å². The van der Waals surface area contributed by atoms with Gasteiger partial charge < -0.3 is 13.6 Å². The molecule has 4 aromatic heterocycles. The largest absolute Gasteiger partial charge is 0.456 e. The lowest BCUT2D eigenvalue weighted by molar-refractivity contribution is 0.669. The molecule has 0 atom stereocenters. The van der Waals surface area contributed by atoms with Crippen LogP contribution in [-0.4, -0.2) is 24.1 Å². The van der Waals surface area contributed by atoms with Crippen molar-refractivity contribution in [3.63, 3.8) is 0 Å². The summed E-state index contributed by atoms with van der Waals surface area (Å²) in [4.78, 5) is 15.9. The third kappa shape index (κ3) is 6.01. The molecule has 6 nitrogen and oxygen atoms in total. The minimum absolute atomic E-state index is 0.582. The second-order valence-corrected chi connectivity index (χ2v) is 19.1. The van der Waals surface area contributed by atoms with Crippen molar-refractivity contribution < 1.29 is 4.42 Å². The molecule has 0 saturated carbocycles. The van der Waals surface area contributed by atoms with Crippen LogP contribution in [-0.2, 0) is 0 Å². The first-order chi connectivity index (χ1) is 36.2. The summed E-state index contributed by atoms with van der Waals surface area (Å²) in [6.45, 7) is 0. The van der Waals surface area contributed by atoms with Crippen LogP contribution in [0.4, 0.5) is 0 Å². The highest BCUT2D eigenvalue weighted by Crippen LogP contribution is 2.44. The summed E-state index contributed by atoms with van der Waals surface area (Å²) in [5, 5.41) is 16.3. The Bertz CT molecular complexity index is 4980. The highest BCUT2D eigenvalue weighted by molar-refractivity contribution is 6.26. The minimum atomic E-state index is 0.582. The first-order valence-electron chi connectivity index (χ1n) is 24.7. The van der Waals surface area contributed by atoms with Crippen molar-refractivity contribution in [1.82, 2.24) is 24.1 Å². The lowest BCUT2D eigenvalue weighted by Gasteiger charge is -2.13. The Morgan fingerprint density at radius 1 is 0.274 bits per heavy atom. The molecule has 16 aromatic rings. The van der Waals surface area contributed by atoms with Gasteiger partial charge in [-0.15, -0.1) is 0 Å². The topological polar surface area (TPSA) is 61.7 Å². The van der Waals surface area contributed by atoms with Gasteiger partial charge in [-0.3, -0.25) is 0 Å². The summed E-state index contributed by atoms with van der Waals surface area (Å²) in [5.41, 5.74) is 11.0. The fraction of sp³-hybridized carbons (Fsp3) is 0. The number of rotatable bonds is 5. The minimum Gasteiger partial charge on any atom is -0.456 e. The predicted octanol–water partition coefficient (Wildman–Crippen LogP) is 17.6. The molecular weight excluding hydrogens is 891 g/mol. The Morgan fingerprint density at radius 3 is 1.63 bits per heavy atom. The fourth-order valence-corrected chi connectivity index (χ4v) is 11.7. The molecule has 16 rings (SSSR count). The molecule has 0 aliphatic carbocycles. The number of furan rings is 1. The van der Waals surface area contributed by atoms with Crippen molar-refractivity contribution >= 4 is 109 Å². The number of fused-ring (bicyclic) bond motifs is 15. The molecule has 0 amide bonds. The maximum absolute atomic E-state index is 6.93. The third-order valence-corrected chi connectivity index (χ3v) is 15.1. The van der Waals surface area contributed by atoms with Gasteiger partial charge in [0.25, 0.3) is 0 Å². The second kappa shape index (κ2) is 15.3. The zero-order chi connectivity index (χ0) is 47.7. The van der Waals surface area contributed by atoms with E-state index in [9.17, 15) is 0 Å². The molecule has 0 aliphatic rings. The van der Waals surface area contributed by atoms with Crippen LogP contribution in [0.1, 0.15) is 0 Å². The molecular formula is C67H39N5O. The lowest BCUT2D eigenvalue weighted by atomic mass is 10.0. The van der Waals surface area contributed by atoms with Gasteiger partial charge in [0.05, 0.1) is 27.8 Å². The smallest absolute Gasteiger partial charge is 0.164 e. The molecule has 6 heteroatoms. The standard InChI is InChI=1S/C67H39N5O/c1-2-19-48(20-3-1)71-56-25-13-12-22-50(56)52-31-28-47(38-58(52)71)67-69-65(45-27-26-40-14-4-5-16-42(40)34-45)68-66(70-67)46-30-33-61-55(36-46)64-53-24-11-10-23-51(53)60(39-62(64)73-61)72-57-32-29-41-15-8-9-21-49(41)63(57)54-35-43-17-6-7-18-44(43)37-59(54)72/h1-39H. The van der Waals surface area contributed by atoms with Gasteiger partial charge in [0.15, 0.2) is 17.5 Å². The Labute approximate surface area is 417 Å². The first kappa shape index (κ1) is 39.9. The average Bonchev–Trinajstić information content (AvgIpc) is 4.12. The highest BCUT2D eigenvalue weighted by Gasteiger charge is 2.23. The van der Waals surface area contributed by atoms with Crippen molar-refractivity contribution in [3.8, 4) is 45.5 Å². The fourth-order valence-electron chi connectivity index (χ4n) is 11.7. The van der Waals surface area contributed by atoms with E-state index in [0.717, 1.165) is 93.6 Å². The van der Waals surface area contributed by atoms with E-state index < -0.39 is 0 Å². The van der Waals surface area contributed by atoms with E-state index in [0.29, 0.717) is 17.5 Å². The van der Waals surface area contributed by atoms with Crippen LogP contribution in [0.3, 0.4) is 0 Å². The van der Waals surface area contributed by atoms with Crippen LogP contribution >= 0.6 is 0 Å². The monoisotopic (exact) mass is 929 g/mol. The molecule has 0 aliphatic heterocycles. The van der Waals surface area contributed by atoms with Crippen molar-refractivity contribution in [1.29, 1.82) is 0 Å². The quantitative estimate of drug-likeness (QED) is 0.173. The van der Waals surface area contributed by atoms with Crippen molar-refractivity contribution in [3.05, 3.63) is 237 Å². The molecule has 338 valence electrons. The number of aromatic nitrogens is 5. The van der Waals surface area contributed by atoms with Crippen LogP contribution in [0.5, 0.6) is 0 Å². The van der Waals surface area contributed by atoms with E-state index in [1.165, 1.54) is 43.1 Å². The number of para-hydroxylation sites is 2. The number of benzene rings is 12. The Hall–Kier alpha value is -9.91. The number of nitrogens with zero attached hydrogens (tertiary/aromatic N) is 5. The van der Waals surface area contributed by atoms with Gasteiger partial charge in [0.2, 0.25) is 0 Å². The van der Waals surface area contributed by atoms with Crippen molar-refractivity contribution in [2.75, 3.05) is 0 Å². The predicted molar refractivity (Wildman–Crippen MR) is 302 cm³/mol. The van der Waals surface area contributed by atoms with Gasteiger partial charge >= 0.3 is 0 Å². The lowest BCUT2D eigenvalue weighted by Crippen LogP contribution is -2.00. The van der Waals surface area contributed by atoms with Crippen LogP contribution in [0, 0.1) is 0 Å². The van der Waals surface area contributed by atoms with E-state index in [4.69, 9.17) is 19.4 Å². The van der Waals surface area contributed by atoms with Gasteiger partial charge in [-0.25, -0.2) is 15.0 Å². The molecule has 12 aromatic carbocycles. The molecule has 0 N–H and O–H groups in total. The molecule has 0 unspecified atom stereocenters. The molecule has 4 heterocycles. The van der Waals surface area contributed by atoms with Crippen molar-refractivity contribution in [2.45, 2.75) is 0 Å². The van der Waals surface area contributed by atoms with Crippen LogP contribution in [0.25, 0.3) is 154 Å². The van der Waals surface area contributed by atoms with E-state index in [1.807, 2.05) is 0 Å². The maximum atomic E-state index is 6.93. The summed E-state index contributed by atoms with van der Waals surface area (Å²) in [7, 11) is 0. The van der Waals surface area contributed by atoms with Crippen LogP contribution in [0.2, 0.25) is 0 Å². The SMILES string of the molecule is c1ccc(-n2c3ccccc3c3ccc(-c4nc(-c5ccc6ccccc6c5)nc(-c5ccc6oc7cc(-n8c9cc%10ccccc%10cc9c9c%10ccccc%10ccc98)c8ccccc8c7c6c5)n4)cc32)cc1. The van der Waals surface area contributed by atoms with E-state index in [1.54, 1.807) is 0 Å². The summed E-state index contributed by atoms with van der Waals surface area (Å²) in [5.74, 6) is 1.78. The normalized spacial score (nSPS) is 12.1. The molecule has 0 radical (unpaired) electrons. The molecule has 0 saturated heterocycles. The highest BCUT2D eigenvalue weighted by atomic mass is 16.3. The zero-order valence-electron chi connectivity index (χ0n) is 39.2. The summed E-state index contributed by atoms with van der Waals surface area (Å²) >= 11 is 0. The van der Waals surface area contributed by atoms with Gasteiger partial charge in [-0.1, -0.05) is 164 Å². The summed E-state index contributed by atoms with van der Waals surface area (Å²) < 4.78 is 11.7. The van der Waals surface area contributed by atoms with Gasteiger partial charge in [-0.2, -0.15) is 0 Å². The number of hydrogen-bond acceptors (Lipinski definition) is 4. The number of hydrogen-bond donors (Lipinski definition) is 0. The Balaban J connectivity index is 0.916.